The first-order chi connectivity index (χ1) is 6.72. The minimum absolute atomic E-state index is 0.100. The van der Waals surface area contributed by atoms with Crippen LogP contribution in [0.1, 0.15) is 16.7 Å². The molecule has 4 heteroatoms. The Morgan fingerprint density at radius 3 is 2.00 bits per heavy atom. The molecule has 3 N–H and O–H groups in total. The maximum absolute atomic E-state index is 9.48. The van der Waals surface area contributed by atoms with E-state index in [1.807, 2.05) is 6.07 Å². The van der Waals surface area contributed by atoms with E-state index < -0.39 is 0 Å². The van der Waals surface area contributed by atoms with Gasteiger partial charge in [0.25, 0.3) is 0 Å². The summed E-state index contributed by atoms with van der Waals surface area (Å²) in [4.78, 5) is 0. The topological polar surface area (TPSA) is 84.5 Å². The molecule has 1 aromatic rings. The molecule has 14 heavy (non-hydrogen) atoms. The highest BCUT2D eigenvalue weighted by molar-refractivity contribution is 5.43. The number of aromatic hydroxyl groups is 1. The number of hydrogen-bond acceptors (Lipinski definition) is 4. The summed E-state index contributed by atoms with van der Waals surface area (Å²) in [6, 6.07) is 5.07. The van der Waals surface area contributed by atoms with Crippen LogP contribution in [0.3, 0.4) is 0 Å². The molecule has 1 aromatic carbocycles. The number of aliphatic hydroxyl groups is 2. The van der Waals surface area contributed by atoms with Gasteiger partial charge in [-0.25, -0.2) is 0 Å². The van der Waals surface area contributed by atoms with Crippen molar-refractivity contribution < 1.29 is 15.3 Å². The second-order valence-electron chi connectivity index (χ2n) is 2.91. The lowest BCUT2D eigenvalue weighted by Gasteiger charge is -2.08. The fraction of sp³-hybridized carbons (Fsp3) is 0.300. The first kappa shape index (κ1) is 10.5. The van der Waals surface area contributed by atoms with Gasteiger partial charge in [-0.3, -0.25) is 0 Å². The van der Waals surface area contributed by atoms with E-state index >= 15 is 0 Å². The number of nitriles is 1. The summed E-state index contributed by atoms with van der Waals surface area (Å²) < 4.78 is 0. The van der Waals surface area contributed by atoms with Crippen LogP contribution < -0.4 is 0 Å². The third-order valence-corrected chi connectivity index (χ3v) is 1.95. The molecule has 0 heterocycles. The Balaban J connectivity index is 3.19. The van der Waals surface area contributed by atoms with E-state index in [0.29, 0.717) is 16.7 Å². The average Bonchev–Trinajstić information content (AvgIpc) is 2.20. The molecule has 0 saturated heterocycles. The molecule has 0 bridgehead atoms. The summed E-state index contributed by atoms with van der Waals surface area (Å²) in [6.45, 7) is -0.615. The van der Waals surface area contributed by atoms with Crippen molar-refractivity contribution in [2.45, 2.75) is 19.6 Å². The molecule has 74 valence electrons. The normalized spacial score (nSPS) is 9.79. The monoisotopic (exact) mass is 193 g/mol. The largest absolute Gasteiger partial charge is 0.507 e. The van der Waals surface area contributed by atoms with E-state index in [1.54, 1.807) is 12.1 Å². The van der Waals surface area contributed by atoms with Gasteiger partial charge in [-0.05, 0) is 17.7 Å². The van der Waals surface area contributed by atoms with Crippen molar-refractivity contribution in [2.75, 3.05) is 0 Å². The first-order valence-electron chi connectivity index (χ1n) is 4.15. The second-order valence-corrected chi connectivity index (χ2v) is 2.91. The standard InChI is InChI=1S/C10H11NO3/c11-2-1-7-3-8(5-12)10(14)9(4-7)6-13/h3-4,12-14H,1,5-6H2. The molecule has 0 aliphatic carbocycles. The van der Waals surface area contributed by atoms with Crippen LogP contribution in [0.2, 0.25) is 0 Å². The predicted molar refractivity (Wildman–Crippen MR) is 49.3 cm³/mol. The Morgan fingerprint density at radius 1 is 1.14 bits per heavy atom. The fourth-order valence-corrected chi connectivity index (χ4v) is 1.27. The van der Waals surface area contributed by atoms with Crippen LogP contribution in [0.25, 0.3) is 0 Å². The molecule has 0 unspecified atom stereocenters. The van der Waals surface area contributed by atoms with Crippen molar-refractivity contribution in [3.63, 3.8) is 0 Å². The number of benzene rings is 1. The summed E-state index contributed by atoms with van der Waals surface area (Å²) in [5.74, 6) is -0.100. The lowest BCUT2D eigenvalue weighted by molar-refractivity contribution is 0.263. The van der Waals surface area contributed by atoms with Gasteiger partial charge < -0.3 is 15.3 Å². The Morgan fingerprint density at radius 2 is 1.64 bits per heavy atom. The zero-order valence-electron chi connectivity index (χ0n) is 7.56. The highest BCUT2D eigenvalue weighted by Crippen LogP contribution is 2.24. The molecule has 0 fully saturated rings. The molecular formula is C10H11NO3. The number of phenols is 1. The molecule has 0 atom stereocenters. The maximum Gasteiger partial charge on any atom is 0.126 e. The van der Waals surface area contributed by atoms with Gasteiger partial charge in [-0.2, -0.15) is 5.26 Å². The van der Waals surface area contributed by atoms with Crippen LogP contribution >= 0.6 is 0 Å². The van der Waals surface area contributed by atoms with Crippen LogP contribution in [-0.4, -0.2) is 15.3 Å². The van der Waals surface area contributed by atoms with E-state index in [0.717, 1.165) is 0 Å². The smallest absolute Gasteiger partial charge is 0.126 e. The lowest BCUT2D eigenvalue weighted by atomic mass is 10.0. The number of nitrogens with zero attached hydrogens (tertiary/aromatic N) is 1. The van der Waals surface area contributed by atoms with Crippen molar-refractivity contribution >= 4 is 0 Å². The Kier molecular flexibility index (Phi) is 3.46. The van der Waals surface area contributed by atoms with Gasteiger partial charge in [0.05, 0.1) is 25.7 Å². The number of hydrogen-bond donors (Lipinski definition) is 3. The summed E-state index contributed by atoms with van der Waals surface area (Å²) in [5.41, 5.74) is 1.35. The summed E-state index contributed by atoms with van der Waals surface area (Å²) in [5, 5.41) is 35.8. The molecule has 0 aromatic heterocycles. The number of aliphatic hydroxyl groups excluding tert-OH is 2. The summed E-state index contributed by atoms with van der Waals surface area (Å²) >= 11 is 0. The highest BCUT2D eigenvalue weighted by Gasteiger charge is 2.08. The van der Waals surface area contributed by atoms with Crippen molar-refractivity contribution in [2.24, 2.45) is 0 Å². The molecular weight excluding hydrogens is 182 g/mol. The van der Waals surface area contributed by atoms with E-state index in [9.17, 15) is 5.11 Å². The minimum atomic E-state index is -0.307. The summed E-state index contributed by atoms with van der Waals surface area (Å²) in [7, 11) is 0. The van der Waals surface area contributed by atoms with Crippen molar-refractivity contribution in [3.8, 4) is 11.8 Å². The van der Waals surface area contributed by atoms with Crippen LogP contribution in [-0.2, 0) is 19.6 Å². The Labute approximate surface area is 81.7 Å². The van der Waals surface area contributed by atoms with Crippen molar-refractivity contribution in [1.82, 2.24) is 0 Å². The minimum Gasteiger partial charge on any atom is -0.507 e. The van der Waals surface area contributed by atoms with E-state index in [2.05, 4.69) is 0 Å². The van der Waals surface area contributed by atoms with Gasteiger partial charge in [0.2, 0.25) is 0 Å². The zero-order valence-corrected chi connectivity index (χ0v) is 7.56. The maximum atomic E-state index is 9.48. The van der Waals surface area contributed by atoms with Gasteiger partial charge in [0.15, 0.2) is 0 Å². The van der Waals surface area contributed by atoms with Gasteiger partial charge in [-0.15, -0.1) is 0 Å². The van der Waals surface area contributed by atoms with Gasteiger partial charge >= 0.3 is 0 Å². The Bertz CT molecular complexity index is 343. The lowest BCUT2D eigenvalue weighted by Crippen LogP contribution is -1.95. The van der Waals surface area contributed by atoms with E-state index in [-0.39, 0.29) is 25.4 Å². The van der Waals surface area contributed by atoms with E-state index in [4.69, 9.17) is 15.5 Å². The molecule has 0 spiro atoms. The first-order valence-corrected chi connectivity index (χ1v) is 4.15. The van der Waals surface area contributed by atoms with Gasteiger partial charge in [0.1, 0.15) is 5.75 Å². The quantitative estimate of drug-likeness (QED) is 0.650. The molecule has 0 amide bonds. The summed E-state index contributed by atoms with van der Waals surface area (Å²) in [6.07, 6.45) is 0.195. The molecule has 0 aliphatic rings. The van der Waals surface area contributed by atoms with Crippen LogP contribution in [0.4, 0.5) is 0 Å². The van der Waals surface area contributed by atoms with Crippen LogP contribution in [0.5, 0.6) is 5.75 Å². The molecule has 0 aliphatic heterocycles. The third kappa shape index (κ3) is 2.02. The highest BCUT2D eigenvalue weighted by atomic mass is 16.3. The second kappa shape index (κ2) is 4.61. The van der Waals surface area contributed by atoms with Crippen molar-refractivity contribution in [3.05, 3.63) is 28.8 Å². The Hall–Kier alpha value is -1.57. The fourth-order valence-electron chi connectivity index (χ4n) is 1.27. The van der Waals surface area contributed by atoms with E-state index in [1.165, 1.54) is 0 Å². The average molecular weight is 193 g/mol. The zero-order chi connectivity index (χ0) is 10.6. The third-order valence-electron chi connectivity index (χ3n) is 1.95. The molecule has 1 rings (SSSR count). The molecule has 0 radical (unpaired) electrons. The van der Waals surface area contributed by atoms with Gasteiger partial charge in [0, 0.05) is 11.1 Å². The molecule has 4 nitrogen and oxygen atoms in total. The van der Waals surface area contributed by atoms with Gasteiger partial charge in [-0.1, -0.05) is 0 Å². The predicted octanol–water partition coefficient (Wildman–Crippen LogP) is 0.443. The number of rotatable bonds is 3. The SMILES string of the molecule is N#CCc1cc(CO)c(O)c(CO)c1. The van der Waals surface area contributed by atoms with Crippen LogP contribution in [0, 0.1) is 11.3 Å². The van der Waals surface area contributed by atoms with Crippen LogP contribution in [0.15, 0.2) is 12.1 Å². The molecule has 0 saturated carbocycles. The van der Waals surface area contributed by atoms with Crippen molar-refractivity contribution in [1.29, 1.82) is 5.26 Å².